The van der Waals surface area contributed by atoms with Gasteiger partial charge in [0.25, 0.3) is 0 Å². The van der Waals surface area contributed by atoms with E-state index in [1.54, 1.807) is 19.9 Å². The molecule has 0 aliphatic rings. The van der Waals surface area contributed by atoms with Crippen LogP contribution >= 0.6 is 11.8 Å². The lowest BCUT2D eigenvalue weighted by molar-refractivity contribution is -0.143. The second-order valence-electron chi connectivity index (χ2n) is 8.44. The van der Waals surface area contributed by atoms with E-state index in [0.29, 0.717) is 16.5 Å². The fourth-order valence-corrected chi connectivity index (χ4v) is 5.50. The smallest absolute Gasteiger partial charge is 0.468 e. The maximum atomic E-state index is 13.1. The summed E-state index contributed by atoms with van der Waals surface area (Å²) < 4.78 is 16.1. The van der Waals surface area contributed by atoms with E-state index in [1.807, 2.05) is 59.2 Å². The topological polar surface area (TPSA) is 111 Å². The van der Waals surface area contributed by atoms with Crippen LogP contribution in [-0.2, 0) is 16.0 Å². The lowest BCUT2D eigenvalue weighted by atomic mass is 10.0. The molecule has 0 saturated carbocycles. The van der Waals surface area contributed by atoms with Gasteiger partial charge in [0.2, 0.25) is 0 Å². The number of fused-ring (bicyclic) bond motifs is 2. The zero-order valence-electron chi connectivity index (χ0n) is 19.8. The number of esters is 1. The Morgan fingerprint density at radius 1 is 1.11 bits per heavy atom. The van der Waals surface area contributed by atoms with Crippen LogP contribution < -0.4 is 5.82 Å². The van der Waals surface area contributed by atoms with Crippen LogP contribution in [0.3, 0.4) is 0 Å². The molecule has 0 saturated heterocycles. The summed E-state index contributed by atoms with van der Waals surface area (Å²) in [5.41, 5.74) is 2.97. The van der Waals surface area contributed by atoms with Crippen LogP contribution in [0.2, 0.25) is 0 Å². The lowest BCUT2D eigenvalue weighted by Crippen LogP contribution is -2.36. The van der Waals surface area contributed by atoms with Crippen LogP contribution in [0.25, 0.3) is 27.5 Å². The van der Waals surface area contributed by atoms with Crippen LogP contribution in [0.1, 0.15) is 24.0 Å². The van der Waals surface area contributed by atoms with Crippen molar-refractivity contribution in [2.45, 2.75) is 30.2 Å². The van der Waals surface area contributed by atoms with Gasteiger partial charge in [-0.1, -0.05) is 48.2 Å². The highest BCUT2D eigenvalue weighted by Crippen LogP contribution is 2.40. The normalized spacial score (nSPS) is 12.9. The Kier molecular flexibility index (Phi) is 5.90. The van der Waals surface area contributed by atoms with E-state index >= 15 is 0 Å². The van der Waals surface area contributed by atoms with Crippen molar-refractivity contribution in [2.24, 2.45) is 0 Å². The van der Waals surface area contributed by atoms with Gasteiger partial charge in [0.15, 0.2) is 10.9 Å². The summed E-state index contributed by atoms with van der Waals surface area (Å²) >= 11 is 1.21. The molecule has 2 heterocycles. The molecule has 36 heavy (non-hydrogen) atoms. The highest BCUT2D eigenvalue weighted by Gasteiger charge is 2.40. The molecule has 9 heteroatoms. The molecule has 0 amide bonds. The minimum Gasteiger partial charge on any atom is -0.468 e. The summed E-state index contributed by atoms with van der Waals surface area (Å²) in [6, 6.07) is 21.3. The van der Waals surface area contributed by atoms with Gasteiger partial charge in [-0.2, -0.15) is 5.26 Å². The molecule has 180 valence electrons. The number of methoxy groups -OCH3 is 1. The van der Waals surface area contributed by atoms with E-state index in [-0.39, 0.29) is 12.2 Å². The van der Waals surface area contributed by atoms with Gasteiger partial charge in [-0.25, -0.2) is 9.78 Å². The molecule has 0 spiro atoms. The van der Waals surface area contributed by atoms with Crippen molar-refractivity contribution in [2.75, 3.05) is 7.11 Å². The first-order valence-electron chi connectivity index (χ1n) is 11.1. The monoisotopic (exact) mass is 499 g/mol. The van der Waals surface area contributed by atoms with Gasteiger partial charge in [0.1, 0.15) is 10.5 Å². The first-order chi connectivity index (χ1) is 17.3. The predicted molar refractivity (Wildman–Crippen MR) is 135 cm³/mol. The quantitative estimate of drug-likeness (QED) is 0.232. The maximum absolute atomic E-state index is 13.1. The molecule has 3 aromatic carbocycles. The number of para-hydroxylation sites is 2. The lowest BCUT2D eigenvalue weighted by Gasteiger charge is -2.25. The summed E-state index contributed by atoms with van der Waals surface area (Å²) in [5, 5.41) is 11.9. The Balaban J connectivity index is 1.72. The third kappa shape index (κ3) is 3.95. The summed E-state index contributed by atoms with van der Waals surface area (Å²) in [6.07, 6.45) is 0.0548. The first-order valence-corrected chi connectivity index (χ1v) is 11.9. The van der Waals surface area contributed by atoms with Crippen molar-refractivity contribution in [1.29, 1.82) is 5.26 Å². The number of hydrogen-bond donors (Lipinski definition) is 0. The molecule has 0 N–H and O–H groups in total. The highest BCUT2D eigenvalue weighted by molar-refractivity contribution is 8.01. The van der Waals surface area contributed by atoms with Gasteiger partial charge in [0.05, 0.1) is 35.5 Å². The van der Waals surface area contributed by atoms with E-state index < -0.39 is 16.5 Å². The van der Waals surface area contributed by atoms with E-state index in [4.69, 9.17) is 18.6 Å². The number of aryl methyl sites for hydroxylation is 1. The van der Waals surface area contributed by atoms with Gasteiger partial charge >= 0.3 is 11.8 Å². The van der Waals surface area contributed by atoms with Crippen LogP contribution in [-0.4, -0.2) is 27.4 Å². The molecule has 5 rings (SSSR count). The number of carbonyl (C=O) groups is 1. The second kappa shape index (κ2) is 9.06. The van der Waals surface area contributed by atoms with Gasteiger partial charge in [-0.05, 0) is 38.1 Å². The van der Waals surface area contributed by atoms with Crippen molar-refractivity contribution in [3.63, 3.8) is 0 Å². The van der Waals surface area contributed by atoms with E-state index in [0.717, 1.165) is 27.5 Å². The Morgan fingerprint density at radius 3 is 2.53 bits per heavy atom. The largest absolute Gasteiger partial charge is 0.519 e. The molecular formula is C27H21N3O5S. The summed E-state index contributed by atoms with van der Waals surface area (Å²) in [6.45, 7) is 3.33. The first kappa shape index (κ1) is 23.5. The summed E-state index contributed by atoms with van der Waals surface area (Å²) in [7, 11) is 1.32. The van der Waals surface area contributed by atoms with Crippen LogP contribution in [0.15, 0.2) is 79.4 Å². The standard InChI is InChI=1S/C27H21N3O5S/c1-16-23(35-26(32)34-16)14-27(2,24(31)33-3)36-25-29-20-10-6-7-11-22(20)30(25)21-13-12-17(15-28)18-8-4-5-9-19(18)21/h4-13H,14H2,1-3H3. The number of rotatable bonds is 6. The number of carbonyl (C=O) groups excluding carboxylic acids is 1. The number of benzene rings is 3. The maximum Gasteiger partial charge on any atom is 0.519 e. The molecule has 0 radical (unpaired) electrons. The van der Waals surface area contributed by atoms with E-state index in [9.17, 15) is 14.9 Å². The number of nitriles is 1. The third-order valence-electron chi connectivity index (χ3n) is 6.06. The molecule has 2 aromatic heterocycles. The summed E-state index contributed by atoms with van der Waals surface area (Å²) in [4.78, 5) is 29.5. The van der Waals surface area contributed by atoms with Crippen molar-refractivity contribution in [3.05, 3.63) is 88.4 Å². The molecule has 1 atom stereocenters. The Bertz CT molecular complexity index is 1730. The molecule has 0 aliphatic heterocycles. The van der Waals surface area contributed by atoms with Crippen molar-refractivity contribution >= 4 is 39.5 Å². The third-order valence-corrected chi connectivity index (χ3v) is 7.28. The van der Waals surface area contributed by atoms with E-state index in [1.165, 1.54) is 18.9 Å². The Hall–Kier alpha value is -4.29. The van der Waals surface area contributed by atoms with Gasteiger partial charge in [0, 0.05) is 17.2 Å². The number of thioether (sulfide) groups is 1. The van der Waals surface area contributed by atoms with Crippen LogP contribution in [0.5, 0.6) is 0 Å². The fraction of sp³-hybridized carbons (Fsp3) is 0.185. The molecule has 8 nitrogen and oxygen atoms in total. The summed E-state index contributed by atoms with van der Waals surface area (Å²) in [5.74, 6) is -0.746. The zero-order chi connectivity index (χ0) is 25.4. The zero-order valence-corrected chi connectivity index (χ0v) is 20.6. The molecule has 0 aliphatic carbocycles. The van der Waals surface area contributed by atoms with Crippen LogP contribution in [0, 0.1) is 18.3 Å². The molecule has 1 unspecified atom stereocenters. The second-order valence-corrected chi connectivity index (χ2v) is 9.91. The van der Waals surface area contributed by atoms with Gasteiger partial charge in [-0.3, -0.25) is 9.36 Å². The molecular weight excluding hydrogens is 478 g/mol. The van der Waals surface area contributed by atoms with Gasteiger partial charge < -0.3 is 13.6 Å². The minimum absolute atomic E-state index is 0.0548. The van der Waals surface area contributed by atoms with Crippen molar-refractivity contribution < 1.29 is 18.4 Å². The number of imidazole rings is 1. The Labute approximate surface area is 210 Å². The van der Waals surface area contributed by atoms with E-state index in [2.05, 4.69) is 6.07 Å². The van der Waals surface area contributed by atoms with Crippen LogP contribution in [0.4, 0.5) is 0 Å². The fourth-order valence-electron chi connectivity index (χ4n) is 4.29. The van der Waals surface area contributed by atoms with Gasteiger partial charge in [-0.15, -0.1) is 0 Å². The number of nitrogens with zero attached hydrogens (tertiary/aromatic N) is 3. The average molecular weight is 500 g/mol. The average Bonchev–Trinajstić information content (AvgIpc) is 3.39. The molecule has 0 fully saturated rings. The molecule has 5 aromatic rings. The number of ether oxygens (including phenoxy) is 1. The number of aromatic nitrogens is 2. The van der Waals surface area contributed by atoms with Crippen molar-refractivity contribution in [1.82, 2.24) is 9.55 Å². The highest BCUT2D eigenvalue weighted by atomic mass is 32.2. The predicted octanol–water partition coefficient (Wildman–Crippen LogP) is 5.17. The number of hydrogen-bond acceptors (Lipinski definition) is 8. The Morgan fingerprint density at radius 2 is 1.83 bits per heavy atom. The SMILES string of the molecule is COC(=O)C(C)(Cc1oc(=O)oc1C)Sc1nc2ccccc2n1-c1ccc(C#N)c2ccccc12. The van der Waals surface area contributed by atoms with Crippen molar-refractivity contribution in [3.8, 4) is 11.8 Å². The molecule has 0 bridgehead atoms. The minimum atomic E-state index is -1.19.